The van der Waals surface area contributed by atoms with Gasteiger partial charge in [0.05, 0.1) is 5.41 Å². The molecule has 1 aliphatic carbocycles. The Balaban J connectivity index is 1.48. The number of nitrogens with one attached hydrogen (secondary N) is 1. The van der Waals surface area contributed by atoms with E-state index in [9.17, 15) is 9.59 Å². The van der Waals surface area contributed by atoms with E-state index in [1.54, 1.807) is 0 Å². The quantitative estimate of drug-likeness (QED) is 0.811. The summed E-state index contributed by atoms with van der Waals surface area (Å²) in [4.78, 5) is 32.3. The summed E-state index contributed by atoms with van der Waals surface area (Å²) in [6, 6.07) is 10.0. The van der Waals surface area contributed by atoms with E-state index in [0.29, 0.717) is 37.8 Å². The number of hydrogen-bond acceptors (Lipinski definition) is 5. The van der Waals surface area contributed by atoms with E-state index in [4.69, 9.17) is 4.52 Å². The van der Waals surface area contributed by atoms with E-state index >= 15 is 0 Å². The summed E-state index contributed by atoms with van der Waals surface area (Å²) in [6.07, 6.45) is 4.53. The molecule has 2 aliphatic rings. The van der Waals surface area contributed by atoms with E-state index < -0.39 is 5.41 Å². The van der Waals surface area contributed by atoms with Crippen molar-refractivity contribution in [3.8, 4) is 0 Å². The number of aromatic nitrogens is 2. The monoisotopic (exact) mass is 424 g/mol. The first-order chi connectivity index (χ1) is 15.0. The van der Waals surface area contributed by atoms with E-state index in [-0.39, 0.29) is 23.7 Å². The van der Waals surface area contributed by atoms with Crippen molar-refractivity contribution in [2.45, 2.75) is 69.6 Å². The predicted molar refractivity (Wildman–Crippen MR) is 117 cm³/mol. The number of carbonyl (C=O) groups is 2. The lowest BCUT2D eigenvalue weighted by molar-refractivity contribution is -0.134. The van der Waals surface area contributed by atoms with Crippen LogP contribution in [0.15, 0.2) is 34.9 Å². The van der Waals surface area contributed by atoms with Crippen LogP contribution >= 0.6 is 0 Å². The Kier molecular flexibility index (Phi) is 6.39. The lowest BCUT2D eigenvalue weighted by atomic mass is 9.93. The van der Waals surface area contributed by atoms with Crippen LogP contribution in [0, 0.1) is 0 Å². The molecule has 0 radical (unpaired) electrons. The molecule has 2 fully saturated rings. The highest BCUT2D eigenvalue weighted by atomic mass is 16.5. The van der Waals surface area contributed by atoms with Crippen LogP contribution in [0.1, 0.15) is 81.5 Å². The lowest BCUT2D eigenvalue weighted by Gasteiger charge is -2.28. The zero-order chi connectivity index (χ0) is 21.8. The molecule has 1 saturated heterocycles. The molecule has 1 N–H and O–H groups in total. The highest BCUT2D eigenvalue weighted by Crippen LogP contribution is 2.49. The average molecular weight is 425 g/mol. The fourth-order valence-corrected chi connectivity index (χ4v) is 4.40. The Morgan fingerprint density at radius 3 is 2.65 bits per heavy atom. The van der Waals surface area contributed by atoms with Gasteiger partial charge in [-0.05, 0) is 37.7 Å². The van der Waals surface area contributed by atoms with E-state index in [2.05, 4.69) is 15.5 Å². The second kappa shape index (κ2) is 9.20. The van der Waals surface area contributed by atoms with Gasteiger partial charge in [-0.25, -0.2) is 0 Å². The molecule has 1 atom stereocenters. The first kappa shape index (κ1) is 21.5. The molecule has 4 rings (SSSR count). The summed E-state index contributed by atoms with van der Waals surface area (Å²) in [6.45, 7) is 5.75. The van der Waals surface area contributed by atoms with Crippen LogP contribution in [0.25, 0.3) is 0 Å². The van der Waals surface area contributed by atoms with Crippen LogP contribution < -0.4 is 5.32 Å². The predicted octanol–water partition coefficient (Wildman–Crippen LogP) is 3.53. The van der Waals surface area contributed by atoms with Crippen molar-refractivity contribution in [2.24, 2.45) is 0 Å². The Morgan fingerprint density at radius 2 is 1.97 bits per heavy atom. The van der Waals surface area contributed by atoms with Gasteiger partial charge in [-0.3, -0.25) is 9.59 Å². The molecule has 2 heterocycles. The summed E-state index contributed by atoms with van der Waals surface area (Å²) in [5, 5.41) is 7.09. The third-order valence-corrected chi connectivity index (χ3v) is 6.50. The molecule has 0 spiro atoms. The number of nitrogens with zero attached hydrogens (tertiary/aromatic N) is 3. The number of benzene rings is 1. The maximum absolute atomic E-state index is 13.5. The summed E-state index contributed by atoms with van der Waals surface area (Å²) in [5.41, 5.74) is 0.680. The van der Waals surface area contributed by atoms with E-state index in [1.807, 2.05) is 49.1 Å². The molecule has 7 nitrogen and oxygen atoms in total. The van der Waals surface area contributed by atoms with Gasteiger partial charge in [-0.1, -0.05) is 49.3 Å². The van der Waals surface area contributed by atoms with Crippen LogP contribution in [0.2, 0.25) is 0 Å². The van der Waals surface area contributed by atoms with Crippen LogP contribution in [0.5, 0.6) is 0 Å². The summed E-state index contributed by atoms with van der Waals surface area (Å²) >= 11 is 0. The van der Waals surface area contributed by atoms with Crippen LogP contribution in [-0.2, 0) is 15.0 Å². The Hall–Kier alpha value is -2.70. The Bertz CT molecular complexity index is 905. The van der Waals surface area contributed by atoms with Gasteiger partial charge < -0.3 is 14.7 Å². The molecule has 1 aromatic heterocycles. The van der Waals surface area contributed by atoms with Crippen molar-refractivity contribution < 1.29 is 14.1 Å². The first-order valence-electron chi connectivity index (χ1n) is 11.4. The van der Waals surface area contributed by atoms with Gasteiger partial charge in [0.25, 0.3) is 0 Å². The molecular formula is C24H32N4O3. The largest absolute Gasteiger partial charge is 0.356 e. The molecule has 1 aliphatic heterocycles. The van der Waals surface area contributed by atoms with E-state index in [1.165, 1.54) is 0 Å². The maximum Gasteiger partial charge on any atom is 0.233 e. The van der Waals surface area contributed by atoms with Gasteiger partial charge in [0, 0.05) is 37.9 Å². The molecule has 1 aromatic carbocycles. The second-order valence-electron chi connectivity index (χ2n) is 9.11. The average Bonchev–Trinajstić information content (AvgIpc) is 3.44. The van der Waals surface area contributed by atoms with Crippen LogP contribution in [0.3, 0.4) is 0 Å². The van der Waals surface area contributed by atoms with E-state index in [0.717, 1.165) is 37.7 Å². The standard InChI is InChI=1S/C24H32N4O3/c1-17(2)21-26-22(31-27-21)18-7-6-15-28(16-11-20(29)25-14-10-18)23(30)24(12-13-24)19-8-4-3-5-9-19/h3-5,8-9,17-18H,6-7,10-16H2,1-2H3,(H,25,29). The topological polar surface area (TPSA) is 88.3 Å². The van der Waals surface area contributed by atoms with Crippen molar-refractivity contribution in [2.75, 3.05) is 19.6 Å². The maximum atomic E-state index is 13.5. The summed E-state index contributed by atoms with van der Waals surface area (Å²) in [5.74, 6) is 1.78. The lowest BCUT2D eigenvalue weighted by Crippen LogP contribution is -2.41. The zero-order valence-electron chi connectivity index (χ0n) is 18.5. The molecule has 1 unspecified atom stereocenters. The minimum atomic E-state index is -0.407. The fourth-order valence-electron chi connectivity index (χ4n) is 4.40. The van der Waals surface area contributed by atoms with Gasteiger partial charge in [-0.2, -0.15) is 4.98 Å². The Labute approximate surface area is 183 Å². The molecule has 7 heteroatoms. The molecule has 166 valence electrons. The van der Waals surface area contributed by atoms with Crippen molar-refractivity contribution >= 4 is 11.8 Å². The number of carbonyl (C=O) groups excluding carboxylic acids is 2. The molecule has 2 amide bonds. The SMILES string of the molecule is CC(C)c1noc(C2CCCN(C(=O)C3(c4ccccc4)CC3)CCC(=O)NCC2)n1. The molecule has 31 heavy (non-hydrogen) atoms. The zero-order valence-corrected chi connectivity index (χ0v) is 18.5. The van der Waals surface area contributed by atoms with Crippen molar-refractivity contribution in [1.82, 2.24) is 20.4 Å². The van der Waals surface area contributed by atoms with Gasteiger partial charge >= 0.3 is 0 Å². The Morgan fingerprint density at radius 1 is 1.19 bits per heavy atom. The van der Waals surface area contributed by atoms with Gasteiger partial charge in [0.15, 0.2) is 5.82 Å². The highest BCUT2D eigenvalue weighted by molar-refractivity contribution is 5.91. The normalized spacial score (nSPS) is 22.0. The number of rotatable bonds is 4. The summed E-state index contributed by atoms with van der Waals surface area (Å²) < 4.78 is 5.53. The number of hydrogen-bond donors (Lipinski definition) is 1. The first-order valence-corrected chi connectivity index (χ1v) is 11.4. The second-order valence-corrected chi connectivity index (χ2v) is 9.11. The van der Waals surface area contributed by atoms with Crippen molar-refractivity contribution in [1.29, 1.82) is 0 Å². The number of amides is 2. The molecular weight excluding hydrogens is 392 g/mol. The minimum Gasteiger partial charge on any atom is -0.356 e. The third-order valence-electron chi connectivity index (χ3n) is 6.50. The molecule has 2 aromatic rings. The fraction of sp³-hybridized carbons (Fsp3) is 0.583. The van der Waals surface area contributed by atoms with Gasteiger partial charge in [0.1, 0.15) is 0 Å². The molecule has 1 saturated carbocycles. The van der Waals surface area contributed by atoms with Crippen LogP contribution in [0.4, 0.5) is 0 Å². The minimum absolute atomic E-state index is 0.0172. The van der Waals surface area contributed by atoms with Crippen molar-refractivity contribution in [3.05, 3.63) is 47.6 Å². The smallest absolute Gasteiger partial charge is 0.233 e. The summed E-state index contributed by atoms with van der Waals surface area (Å²) in [7, 11) is 0. The van der Waals surface area contributed by atoms with Crippen molar-refractivity contribution in [3.63, 3.8) is 0 Å². The molecule has 0 bridgehead atoms. The van der Waals surface area contributed by atoms with Crippen LogP contribution in [-0.4, -0.2) is 46.5 Å². The van der Waals surface area contributed by atoms with Gasteiger partial charge in [0.2, 0.25) is 17.7 Å². The van der Waals surface area contributed by atoms with Gasteiger partial charge in [-0.15, -0.1) is 0 Å². The third kappa shape index (κ3) is 4.81. The highest BCUT2D eigenvalue weighted by Gasteiger charge is 2.52.